The van der Waals surface area contributed by atoms with Crippen molar-refractivity contribution in [2.24, 2.45) is 11.8 Å². The summed E-state index contributed by atoms with van der Waals surface area (Å²) in [6.45, 7) is 16.9. The van der Waals surface area contributed by atoms with E-state index in [2.05, 4.69) is 61.3 Å². The second-order valence-corrected chi connectivity index (χ2v) is 18.7. The number of carbonyl (C=O) groups excluding carboxylic acids is 2. The smallest absolute Gasteiger partial charge is 0.410 e. The van der Waals surface area contributed by atoms with E-state index in [1.165, 1.54) is 14.3 Å². The monoisotopic (exact) mass is 739 g/mol. The fraction of sp³-hybridized carbons (Fsp3) is 0.450. The quantitative estimate of drug-likeness (QED) is 0.191. The van der Waals surface area contributed by atoms with Crippen LogP contribution in [0.4, 0.5) is 9.59 Å². The van der Waals surface area contributed by atoms with Crippen LogP contribution >= 0.6 is 22.7 Å². The van der Waals surface area contributed by atoms with Crippen molar-refractivity contribution >= 4 is 66.4 Å². The average molecular weight is 740 g/mol. The van der Waals surface area contributed by atoms with E-state index in [4.69, 9.17) is 23.9 Å². The fourth-order valence-electron chi connectivity index (χ4n) is 7.33. The Morgan fingerprint density at radius 1 is 0.750 bits per heavy atom. The molecule has 2 aliphatic heterocycles. The van der Waals surface area contributed by atoms with E-state index in [0.717, 1.165) is 51.2 Å². The number of fused-ring (bicyclic) bond motifs is 3. The lowest BCUT2D eigenvalue weighted by atomic mass is 10.1. The van der Waals surface area contributed by atoms with Gasteiger partial charge in [-0.3, -0.25) is 9.80 Å². The van der Waals surface area contributed by atoms with Gasteiger partial charge in [-0.05, 0) is 114 Å². The Morgan fingerprint density at radius 2 is 1.29 bits per heavy atom. The SMILES string of the molecule is C[C@H]1C[C@@H](c2nc3ccc(-c4cc5sc(-c6ccc7nc([C@@H]8C[C@H](C)CN8C(=O)OC(C)(C)C)oc7c6)cc5s4)cc3[nH]2)N(C(=O)OC(C)(C)C)C1. The highest BCUT2D eigenvalue weighted by Gasteiger charge is 2.40. The van der Waals surface area contributed by atoms with Crippen LogP contribution < -0.4 is 0 Å². The molecule has 0 bridgehead atoms. The highest BCUT2D eigenvalue weighted by molar-refractivity contribution is 7.31. The summed E-state index contributed by atoms with van der Waals surface area (Å²) < 4.78 is 20.2. The third-order valence-corrected chi connectivity index (χ3v) is 11.9. The largest absolute Gasteiger partial charge is 0.444 e. The molecule has 8 rings (SSSR count). The van der Waals surface area contributed by atoms with Gasteiger partial charge in [-0.15, -0.1) is 22.7 Å². The molecular formula is C40H45N5O5S2. The molecule has 0 aliphatic carbocycles. The Balaban J connectivity index is 1.01. The van der Waals surface area contributed by atoms with E-state index < -0.39 is 11.2 Å². The molecule has 6 aromatic rings. The summed E-state index contributed by atoms with van der Waals surface area (Å²) >= 11 is 3.53. The lowest BCUT2D eigenvalue weighted by molar-refractivity contribution is 0.0196. The number of ether oxygens (including phenoxy) is 2. The van der Waals surface area contributed by atoms with Gasteiger partial charge in [-0.2, -0.15) is 0 Å². The first kappa shape index (κ1) is 34.7. The van der Waals surface area contributed by atoms with Gasteiger partial charge in [0.2, 0.25) is 5.89 Å². The molecule has 0 saturated carbocycles. The zero-order valence-electron chi connectivity index (χ0n) is 30.9. The Bertz CT molecular complexity index is 2130. The van der Waals surface area contributed by atoms with Crippen molar-refractivity contribution in [1.29, 1.82) is 0 Å². The van der Waals surface area contributed by atoms with E-state index in [-0.39, 0.29) is 24.3 Å². The van der Waals surface area contributed by atoms with Crippen LogP contribution in [0.15, 0.2) is 52.9 Å². The number of imidazole rings is 1. The third kappa shape index (κ3) is 6.78. The van der Waals surface area contributed by atoms with Crippen molar-refractivity contribution < 1.29 is 23.5 Å². The van der Waals surface area contributed by atoms with E-state index in [9.17, 15) is 9.59 Å². The number of rotatable bonds is 4. The molecule has 2 fully saturated rings. The summed E-state index contributed by atoms with van der Waals surface area (Å²) in [5.41, 5.74) is 4.40. The summed E-state index contributed by atoms with van der Waals surface area (Å²) in [5.74, 6) is 2.04. The Hall–Kier alpha value is -4.42. The second kappa shape index (κ2) is 12.6. The van der Waals surface area contributed by atoms with Crippen molar-refractivity contribution in [3.63, 3.8) is 0 Å². The molecule has 2 amide bonds. The predicted molar refractivity (Wildman–Crippen MR) is 207 cm³/mol. The van der Waals surface area contributed by atoms with E-state index in [1.807, 2.05) is 52.5 Å². The van der Waals surface area contributed by atoms with Crippen LogP contribution in [0.3, 0.4) is 0 Å². The molecule has 6 heterocycles. The molecule has 2 aromatic carbocycles. The number of benzene rings is 2. The summed E-state index contributed by atoms with van der Waals surface area (Å²) in [6, 6.07) is 16.6. The highest BCUT2D eigenvalue weighted by atomic mass is 32.1. The van der Waals surface area contributed by atoms with Crippen molar-refractivity contribution in [2.45, 2.75) is 91.5 Å². The molecule has 0 radical (unpaired) electrons. The lowest BCUT2D eigenvalue weighted by Crippen LogP contribution is -2.37. The summed E-state index contributed by atoms with van der Waals surface area (Å²) in [5, 5.41) is 0. The van der Waals surface area contributed by atoms with Gasteiger partial charge in [0.1, 0.15) is 28.6 Å². The lowest BCUT2D eigenvalue weighted by Gasteiger charge is -2.27. The number of aromatic amines is 1. The average Bonchev–Trinajstić information content (AvgIpc) is 3.88. The zero-order valence-corrected chi connectivity index (χ0v) is 32.5. The minimum absolute atomic E-state index is 0.146. The molecule has 4 atom stereocenters. The minimum atomic E-state index is -0.571. The van der Waals surface area contributed by atoms with E-state index >= 15 is 0 Å². The van der Waals surface area contributed by atoms with Gasteiger partial charge in [-0.25, -0.2) is 19.6 Å². The number of carbonyl (C=O) groups is 2. The fourth-order valence-corrected chi connectivity index (χ4v) is 9.72. The molecule has 12 heteroatoms. The van der Waals surface area contributed by atoms with Crippen LogP contribution in [-0.2, 0) is 9.47 Å². The molecular weight excluding hydrogens is 695 g/mol. The number of H-pyrrole nitrogens is 1. The van der Waals surface area contributed by atoms with Crippen LogP contribution in [0.5, 0.6) is 0 Å². The number of thiophene rings is 2. The third-order valence-electron chi connectivity index (χ3n) is 9.56. The first-order valence-electron chi connectivity index (χ1n) is 18.0. The number of nitrogens with one attached hydrogen (secondary N) is 1. The highest BCUT2D eigenvalue weighted by Crippen LogP contribution is 2.44. The zero-order chi connectivity index (χ0) is 36.7. The van der Waals surface area contributed by atoms with Gasteiger partial charge in [0.15, 0.2) is 5.58 Å². The molecule has 0 unspecified atom stereocenters. The number of nitrogens with zero attached hydrogens (tertiary/aromatic N) is 4. The second-order valence-electron chi connectivity index (χ2n) is 16.5. The van der Waals surface area contributed by atoms with Gasteiger partial charge in [-0.1, -0.05) is 26.0 Å². The van der Waals surface area contributed by atoms with Crippen molar-refractivity contribution in [1.82, 2.24) is 24.8 Å². The molecule has 1 N–H and O–H groups in total. The first-order valence-corrected chi connectivity index (χ1v) is 19.6. The molecule has 4 aromatic heterocycles. The number of oxazole rings is 1. The molecule has 2 saturated heterocycles. The van der Waals surface area contributed by atoms with Gasteiger partial charge in [0.05, 0.1) is 17.1 Å². The van der Waals surface area contributed by atoms with Gasteiger partial charge < -0.3 is 18.9 Å². The topological polar surface area (TPSA) is 114 Å². The van der Waals surface area contributed by atoms with Crippen LogP contribution in [0.25, 0.3) is 52.4 Å². The first-order chi connectivity index (χ1) is 24.6. The standard InChI is InChI=1S/C40H45N5O5S2/c1-21-13-28(44(19-21)37(46)49-39(3,4)5)35-41-25-11-9-23(15-27(25)42-35)31-17-33-34(51-31)18-32(52-33)24-10-12-26-30(16-24)48-36(43-26)29-14-22(2)20-45(29)38(47)50-40(6,7)8/h9-12,15-18,21-22,28-29H,13-14,19-20H2,1-8H3,(H,41,42)/t21-,22-,28-,29-/m0/s1. The van der Waals surface area contributed by atoms with Crippen LogP contribution in [-0.4, -0.2) is 61.2 Å². The normalized spacial score (nSPS) is 21.2. The maximum atomic E-state index is 13.0. The molecule has 0 spiro atoms. The Morgan fingerprint density at radius 3 is 1.88 bits per heavy atom. The minimum Gasteiger partial charge on any atom is -0.444 e. The van der Waals surface area contributed by atoms with Crippen molar-refractivity contribution in [2.75, 3.05) is 13.1 Å². The number of amides is 2. The van der Waals surface area contributed by atoms with E-state index in [0.29, 0.717) is 36.4 Å². The molecule has 52 heavy (non-hydrogen) atoms. The molecule has 2 aliphatic rings. The summed E-state index contributed by atoms with van der Waals surface area (Å²) in [4.78, 5) is 45.2. The number of hydrogen-bond acceptors (Lipinski definition) is 9. The van der Waals surface area contributed by atoms with E-state index in [1.54, 1.807) is 27.6 Å². The van der Waals surface area contributed by atoms with Crippen molar-refractivity contribution in [3.8, 4) is 20.9 Å². The molecule has 10 nitrogen and oxygen atoms in total. The maximum absolute atomic E-state index is 13.0. The van der Waals surface area contributed by atoms with Crippen LogP contribution in [0, 0.1) is 11.8 Å². The number of hydrogen-bond donors (Lipinski definition) is 1. The van der Waals surface area contributed by atoms with Gasteiger partial charge in [0.25, 0.3) is 0 Å². The van der Waals surface area contributed by atoms with Crippen LogP contribution in [0.2, 0.25) is 0 Å². The Labute approximate surface area is 311 Å². The maximum Gasteiger partial charge on any atom is 0.410 e. The van der Waals surface area contributed by atoms with Gasteiger partial charge in [0, 0.05) is 32.2 Å². The number of aromatic nitrogens is 3. The molecule has 272 valence electrons. The predicted octanol–water partition coefficient (Wildman–Crippen LogP) is 11.0. The Kier molecular flexibility index (Phi) is 8.41. The number of likely N-dealkylation sites (tertiary alicyclic amines) is 2. The summed E-state index contributed by atoms with van der Waals surface area (Å²) in [7, 11) is 0. The van der Waals surface area contributed by atoms with Gasteiger partial charge >= 0.3 is 12.2 Å². The summed E-state index contributed by atoms with van der Waals surface area (Å²) in [6.07, 6.45) is 0.995. The van der Waals surface area contributed by atoms with Crippen LogP contribution in [0.1, 0.15) is 92.0 Å². The van der Waals surface area contributed by atoms with Crippen molar-refractivity contribution in [3.05, 3.63) is 60.2 Å².